The van der Waals surface area contributed by atoms with Crippen molar-refractivity contribution in [2.75, 3.05) is 0 Å². The molecule has 0 bridgehead atoms. The SMILES string of the molecule is Cc1sc(/C=C/c2ccccc2)nc1CC(=O)O. The number of hydrogen-bond donors (Lipinski definition) is 1. The summed E-state index contributed by atoms with van der Waals surface area (Å²) in [6, 6.07) is 9.94. The molecule has 4 heteroatoms. The fraction of sp³-hybridized carbons (Fsp3) is 0.143. The number of thiazole rings is 1. The first kappa shape index (κ1) is 12.5. The molecule has 92 valence electrons. The standard InChI is InChI=1S/C14H13NO2S/c1-10-12(9-14(16)17)15-13(18-10)8-7-11-5-3-2-4-6-11/h2-8H,9H2,1H3,(H,16,17)/b8-7+. The quantitative estimate of drug-likeness (QED) is 0.917. The van der Waals surface area contributed by atoms with Gasteiger partial charge in [-0.2, -0.15) is 0 Å². The first-order chi connectivity index (χ1) is 8.65. The molecule has 0 saturated heterocycles. The molecule has 1 heterocycles. The van der Waals surface area contributed by atoms with Crippen molar-refractivity contribution < 1.29 is 9.90 Å². The van der Waals surface area contributed by atoms with Gasteiger partial charge in [-0.1, -0.05) is 36.4 Å². The molecule has 0 aliphatic carbocycles. The van der Waals surface area contributed by atoms with Gasteiger partial charge >= 0.3 is 5.97 Å². The molecule has 18 heavy (non-hydrogen) atoms. The summed E-state index contributed by atoms with van der Waals surface area (Å²) in [6.45, 7) is 1.90. The highest BCUT2D eigenvalue weighted by Gasteiger charge is 2.09. The summed E-state index contributed by atoms with van der Waals surface area (Å²) >= 11 is 1.51. The lowest BCUT2D eigenvalue weighted by atomic mass is 10.2. The van der Waals surface area contributed by atoms with Gasteiger partial charge in [-0.05, 0) is 18.6 Å². The van der Waals surface area contributed by atoms with Gasteiger partial charge in [-0.25, -0.2) is 4.98 Å². The van der Waals surface area contributed by atoms with E-state index in [1.54, 1.807) is 0 Å². The highest BCUT2D eigenvalue weighted by molar-refractivity contribution is 7.12. The van der Waals surface area contributed by atoms with Crippen LogP contribution in [-0.2, 0) is 11.2 Å². The fourth-order valence-corrected chi connectivity index (χ4v) is 2.40. The largest absolute Gasteiger partial charge is 0.481 e. The van der Waals surface area contributed by atoms with E-state index in [2.05, 4.69) is 4.98 Å². The van der Waals surface area contributed by atoms with Crippen molar-refractivity contribution in [3.63, 3.8) is 0 Å². The van der Waals surface area contributed by atoms with Crippen LogP contribution in [0.25, 0.3) is 12.2 Å². The molecule has 2 aromatic rings. The Labute approximate surface area is 109 Å². The third kappa shape index (κ3) is 3.28. The van der Waals surface area contributed by atoms with Crippen molar-refractivity contribution in [2.24, 2.45) is 0 Å². The van der Waals surface area contributed by atoms with Gasteiger partial charge < -0.3 is 5.11 Å². The van der Waals surface area contributed by atoms with Gasteiger partial charge in [0.05, 0.1) is 12.1 Å². The maximum absolute atomic E-state index is 10.7. The third-order valence-electron chi connectivity index (χ3n) is 2.45. The van der Waals surface area contributed by atoms with Gasteiger partial charge in [0.2, 0.25) is 0 Å². The lowest BCUT2D eigenvalue weighted by Gasteiger charge is -1.90. The molecule has 1 aromatic heterocycles. The Kier molecular flexibility index (Phi) is 3.89. The Balaban J connectivity index is 2.15. The molecule has 2 rings (SSSR count). The number of aryl methyl sites for hydroxylation is 1. The number of rotatable bonds is 4. The molecule has 0 aliphatic rings. The number of carboxylic acid groups (broad SMARTS) is 1. The van der Waals surface area contributed by atoms with Crippen LogP contribution in [0.3, 0.4) is 0 Å². The molecular formula is C14H13NO2S. The van der Waals surface area contributed by atoms with E-state index in [9.17, 15) is 4.79 Å². The smallest absolute Gasteiger partial charge is 0.309 e. The second kappa shape index (κ2) is 5.60. The molecule has 1 N–H and O–H groups in total. The average Bonchev–Trinajstić information content (AvgIpc) is 2.68. The average molecular weight is 259 g/mol. The highest BCUT2D eigenvalue weighted by Crippen LogP contribution is 2.20. The number of nitrogens with zero attached hydrogens (tertiary/aromatic N) is 1. The maximum atomic E-state index is 10.7. The normalized spacial score (nSPS) is 10.9. The molecule has 1 aromatic carbocycles. The molecule has 0 fully saturated rings. The Bertz CT molecular complexity index is 573. The Morgan fingerprint density at radius 1 is 1.33 bits per heavy atom. The van der Waals surface area contributed by atoms with E-state index in [1.807, 2.05) is 49.4 Å². The second-order valence-electron chi connectivity index (χ2n) is 3.87. The van der Waals surface area contributed by atoms with E-state index in [4.69, 9.17) is 5.11 Å². The maximum Gasteiger partial charge on any atom is 0.309 e. The minimum absolute atomic E-state index is 0.0124. The highest BCUT2D eigenvalue weighted by atomic mass is 32.1. The van der Waals surface area contributed by atoms with E-state index >= 15 is 0 Å². The van der Waals surface area contributed by atoms with Crippen molar-refractivity contribution in [3.05, 3.63) is 51.5 Å². The summed E-state index contributed by atoms with van der Waals surface area (Å²) < 4.78 is 0. The molecule has 3 nitrogen and oxygen atoms in total. The predicted molar refractivity (Wildman–Crippen MR) is 73.6 cm³/mol. The Hall–Kier alpha value is -1.94. The minimum atomic E-state index is -0.845. The van der Waals surface area contributed by atoms with Crippen LogP contribution in [0.5, 0.6) is 0 Å². The zero-order valence-electron chi connectivity index (χ0n) is 9.96. The monoisotopic (exact) mass is 259 g/mol. The van der Waals surface area contributed by atoms with Crippen LogP contribution in [0.15, 0.2) is 30.3 Å². The number of benzene rings is 1. The first-order valence-electron chi connectivity index (χ1n) is 5.56. The van der Waals surface area contributed by atoms with Crippen molar-refractivity contribution in [2.45, 2.75) is 13.3 Å². The summed E-state index contributed by atoms with van der Waals surface area (Å²) in [5.74, 6) is -0.845. The van der Waals surface area contributed by atoms with Gasteiger partial charge in [0, 0.05) is 4.88 Å². The summed E-state index contributed by atoms with van der Waals surface area (Å²) in [5.41, 5.74) is 1.75. The van der Waals surface area contributed by atoms with Gasteiger partial charge in [0.15, 0.2) is 0 Å². The van der Waals surface area contributed by atoms with Crippen LogP contribution in [0.4, 0.5) is 0 Å². The molecule has 0 atom stereocenters. The fourth-order valence-electron chi connectivity index (χ4n) is 1.56. The molecular weight excluding hydrogens is 246 g/mol. The number of carboxylic acids is 1. The van der Waals surface area contributed by atoms with E-state index in [-0.39, 0.29) is 6.42 Å². The minimum Gasteiger partial charge on any atom is -0.481 e. The summed E-state index contributed by atoms with van der Waals surface area (Å²) in [6.07, 6.45) is 3.88. The Morgan fingerprint density at radius 2 is 2.06 bits per heavy atom. The van der Waals surface area contributed by atoms with E-state index in [0.717, 1.165) is 15.4 Å². The van der Waals surface area contributed by atoms with Crippen molar-refractivity contribution in [1.29, 1.82) is 0 Å². The van der Waals surface area contributed by atoms with Crippen LogP contribution < -0.4 is 0 Å². The summed E-state index contributed by atoms with van der Waals surface area (Å²) in [5, 5.41) is 9.60. The zero-order chi connectivity index (χ0) is 13.0. The number of aliphatic carboxylic acids is 1. The van der Waals surface area contributed by atoms with Crippen molar-refractivity contribution >= 4 is 29.5 Å². The molecule has 0 aliphatic heterocycles. The molecule has 0 radical (unpaired) electrons. The van der Waals surface area contributed by atoms with Crippen LogP contribution in [-0.4, -0.2) is 16.1 Å². The van der Waals surface area contributed by atoms with Gasteiger partial charge in [-0.15, -0.1) is 11.3 Å². The topological polar surface area (TPSA) is 50.2 Å². The molecule has 0 saturated carbocycles. The zero-order valence-corrected chi connectivity index (χ0v) is 10.8. The second-order valence-corrected chi connectivity index (χ2v) is 5.10. The van der Waals surface area contributed by atoms with Gasteiger partial charge in [-0.3, -0.25) is 4.79 Å². The first-order valence-corrected chi connectivity index (χ1v) is 6.38. The summed E-state index contributed by atoms with van der Waals surface area (Å²) in [4.78, 5) is 15.9. The predicted octanol–water partition coefficient (Wildman–Crippen LogP) is 3.25. The van der Waals surface area contributed by atoms with E-state index in [1.165, 1.54) is 11.3 Å². The van der Waals surface area contributed by atoms with Gasteiger partial charge in [0.25, 0.3) is 0 Å². The third-order valence-corrected chi connectivity index (χ3v) is 3.42. The van der Waals surface area contributed by atoms with Crippen LogP contribution >= 0.6 is 11.3 Å². The van der Waals surface area contributed by atoms with Crippen molar-refractivity contribution in [1.82, 2.24) is 4.98 Å². The number of hydrogen-bond acceptors (Lipinski definition) is 3. The lowest BCUT2D eigenvalue weighted by molar-refractivity contribution is -0.136. The number of carbonyl (C=O) groups is 1. The van der Waals surface area contributed by atoms with Crippen LogP contribution in [0.1, 0.15) is 21.1 Å². The van der Waals surface area contributed by atoms with Crippen molar-refractivity contribution in [3.8, 4) is 0 Å². The van der Waals surface area contributed by atoms with Crippen LogP contribution in [0.2, 0.25) is 0 Å². The molecule has 0 spiro atoms. The molecule has 0 unspecified atom stereocenters. The van der Waals surface area contributed by atoms with Gasteiger partial charge in [0.1, 0.15) is 5.01 Å². The lowest BCUT2D eigenvalue weighted by Crippen LogP contribution is -2.01. The summed E-state index contributed by atoms with van der Waals surface area (Å²) in [7, 11) is 0. The van der Waals surface area contributed by atoms with Crippen LogP contribution in [0, 0.1) is 6.92 Å². The van der Waals surface area contributed by atoms with E-state index in [0.29, 0.717) is 5.69 Å². The molecule has 0 amide bonds. The van der Waals surface area contributed by atoms with E-state index < -0.39 is 5.97 Å². The number of aromatic nitrogens is 1. The Morgan fingerprint density at radius 3 is 2.72 bits per heavy atom.